The van der Waals surface area contributed by atoms with Crippen LogP contribution in [0, 0.1) is 5.92 Å². The fraction of sp³-hybridized carbons (Fsp3) is 0.444. The van der Waals surface area contributed by atoms with E-state index >= 15 is 0 Å². The number of rotatable bonds is 3. The van der Waals surface area contributed by atoms with Crippen LogP contribution in [0.5, 0.6) is 0 Å². The van der Waals surface area contributed by atoms with Crippen molar-refractivity contribution >= 4 is 26.7 Å². The van der Waals surface area contributed by atoms with E-state index in [-0.39, 0.29) is 0 Å². The Hall–Kier alpha value is -0.820. The van der Waals surface area contributed by atoms with E-state index < -0.39 is 0 Å². The average molecular weight is 317 g/mol. The third kappa shape index (κ3) is 3.20. The molecule has 0 aliphatic heterocycles. The van der Waals surface area contributed by atoms with Gasteiger partial charge in [-0.2, -0.15) is 0 Å². The molecule has 1 unspecified atom stereocenters. The van der Waals surface area contributed by atoms with E-state index in [2.05, 4.69) is 58.4 Å². The fourth-order valence-corrected chi connectivity index (χ4v) is 4.16. The van der Waals surface area contributed by atoms with Crippen LogP contribution >= 0.6 is 15.9 Å². The molecule has 0 heterocycles. The summed E-state index contributed by atoms with van der Waals surface area (Å²) in [6.07, 6.45) is 8.25. The van der Waals surface area contributed by atoms with Gasteiger partial charge in [0.1, 0.15) is 0 Å². The van der Waals surface area contributed by atoms with Gasteiger partial charge in [-0.25, -0.2) is 0 Å². The molecule has 0 bridgehead atoms. The Morgan fingerprint density at radius 3 is 2.47 bits per heavy atom. The number of hydrogen-bond acceptors (Lipinski definition) is 0. The lowest BCUT2D eigenvalue weighted by Crippen LogP contribution is -2.19. The molecule has 1 heteroatoms. The molecule has 1 aliphatic rings. The lowest BCUT2D eigenvalue weighted by molar-refractivity contribution is 0.350. The van der Waals surface area contributed by atoms with Gasteiger partial charge in [-0.05, 0) is 41.5 Å². The second kappa shape index (κ2) is 6.09. The standard InChI is InChI=1S/C18H21Br/c19-18(16-7-2-1-3-8-16)13-14-10-11-15-6-4-5-9-17(15)12-14/h4-6,9-12,16,18H,1-3,7-8,13H2. The van der Waals surface area contributed by atoms with Crippen molar-refractivity contribution < 1.29 is 0 Å². The Morgan fingerprint density at radius 1 is 0.947 bits per heavy atom. The maximum atomic E-state index is 3.94. The van der Waals surface area contributed by atoms with E-state index in [9.17, 15) is 0 Å². The molecule has 100 valence electrons. The molecule has 0 amide bonds. The zero-order valence-electron chi connectivity index (χ0n) is 11.3. The summed E-state index contributed by atoms with van der Waals surface area (Å²) in [6.45, 7) is 0. The molecule has 19 heavy (non-hydrogen) atoms. The average Bonchev–Trinajstić information content (AvgIpc) is 2.48. The van der Waals surface area contributed by atoms with Crippen LogP contribution in [0.2, 0.25) is 0 Å². The summed E-state index contributed by atoms with van der Waals surface area (Å²) in [4.78, 5) is 0.647. The summed E-state index contributed by atoms with van der Waals surface area (Å²) < 4.78 is 0. The first-order valence-corrected chi connectivity index (χ1v) is 8.36. The molecule has 0 nitrogen and oxygen atoms in total. The van der Waals surface area contributed by atoms with Gasteiger partial charge in [0.05, 0.1) is 0 Å². The minimum absolute atomic E-state index is 0.647. The number of alkyl halides is 1. The van der Waals surface area contributed by atoms with Gasteiger partial charge in [0.2, 0.25) is 0 Å². The first kappa shape index (κ1) is 13.2. The molecule has 1 fully saturated rings. The van der Waals surface area contributed by atoms with Gasteiger partial charge in [-0.15, -0.1) is 0 Å². The third-order valence-corrected chi connectivity index (χ3v) is 5.48. The Kier molecular flexibility index (Phi) is 4.22. The zero-order chi connectivity index (χ0) is 13.1. The van der Waals surface area contributed by atoms with Crippen LogP contribution < -0.4 is 0 Å². The molecule has 0 radical (unpaired) electrons. The molecule has 2 aromatic carbocycles. The molecule has 0 spiro atoms. The highest BCUT2D eigenvalue weighted by Crippen LogP contribution is 2.32. The summed E-state index contributed by atoms with van der Waals surface area (Å²) in [5.74, 6) is 0.875. The number of hydrogen-bond donors (Lipinski definition) is 0. The Bertz CT molecular complexity index is 540. The van der Waals surface area contributed by atoms with Crippen molar-refractivity contribution in [1.82, 2.24) is 0 Å². The third-order valence-electron chi connectivity index (χ3n) is 4.41. The Labute approximate surface area is 124 Å². The largest absolute Gasteiger partial charge is 0.0884 e. The number of benzene rings is 2. The lowest BCUT2D eigenvalue weighted by Gasteiger charge is -2.26. The summed E-state index contributed by atoms with van der Waals surface area (Å²) >= 11 is 3.94. The predicted octanol–water partition coefficient (Wildman–Crippen LogP) is 5.73. The molecule has 0 N–H and O–H groups in total. The molecule has 3 rings (SSSR count). The fourth-order valence-electron chi connectivity index (χ4n) is 3.25. The van der Waals surface area contributed by atoms with Gasteiger partial charge in [-0.1, -0.05) is 77.7 Å². The van der Waals surface area contributed by atoms with Crippen LogP contribution in [0.1, 0.15) is 37.7 Å². The molecular formula is C18H21Br. The molecular weight excluding hydrogens is 296 g/mol. The maximum Gasteiger partial charge on any atom is 0.0214 e. The van der Waals surface area contributed by atoms with Crippen molar-refractivity contribution in [2.45, 2.75) is 43.4 Å². The minimum atomic E-state index is 0.647. The number of halogens is 1. The van der Waals surface area contributed by atoms with Crippen molar-refractivity contribution in [3.8, 4) is 0 Å². The van der Waals surface area contributed by atoms with E-state index in [1.54, 1.807) is 0 Å². The van der Waals surface area contributed by atoms with Crippen LogP contribution in [-0.2, 0) is 6.42 Å². The molecule has 1 atom stereocenters. The molecule has 1 aliphatic carbocycles. The first-order chi connectivity index (χ1) is 9.33. The Balaban J connectivity index is 1.73. The van der Waals surface area contributed by atoms with Crippen LogP contribution in [0.15, 0.2) is 42.5 Å². The summed E-state index contributed by atoms with van der Waals surface area (Å²) in [7, 11) is 0. The smallest absolute Gasteiger partial charge is 0.0214 e. The van der Waals surface area contributed by atoms with E-state index in [1.165, 1.54) is 48.4 Å². The van der Waals surface area contributed by atoms with Gasteiger partial charge in [0.15, 0.2) is 0 Å². The van der Waals surface area contributed by atoms with Crippen molar-refractivity contribution in [2.75, 3.05) is 0 Å². The normalized spacial score (nSPS) is 18.6. The van der Waals surface area contributed by atoms with Crippen LogP contribution in [0.3, 0.4) is 0 Å². The van der Waals surface area contributed by atoms with Crippen molar-refractivity contribution in [3.05, 3.63) is 48.0 Å². The summed E-state index contributed by atoms with van der Waals surface area (Å²) in [5, 5.41) is 2.71. The van der Waals surface area contributed by atoms with E-state index in [0.717, 1.165) is 12.3 Å². The predicted molar refractivity (Wildman–Crippen MR) is 86.9 cm³/mol. The van der Waals surface area contributed by atoms with Crippen molar-refractivity contribution in [2.24, 2.45) is 5.92 Å². The van der Waals surface area contributed by atoms with Crippen molar-refractivity contribution in [1.29, 1.82) is 0 Å². The SMILES string of the molecule is BrC(Cc1ccc2ccccc2c1)C1CCCCC1. The van der Waals surface area contributed by atoms with Gasteiger partial charge >= 0.3 is 0 Å². The van der Waals surface area contributed by atoms with E-state index in [1.807, 2.05) is 0 Å². The maximum absolute atomic E-state index is 3.94. The molecule has 1 saturated carbocycles. The zero-order valence-corrected chi connectivity index (χ0v) is 12.9. The highest BCUT2D eigenvalue weighted by molar-refractivity contribution is 9.09. The highest BCUT2D eigenvalue weighted by Gasteiger charge is 2.21. The van der Waals surface area contributed by atoms with Gasteiger partial charge in [0.25, 0.3) is 0 Å². The minimum Gasteiger partial charge on any atom is -0.0884 e. The van der Waals surface area contributed by atoms with Crippen molar-refractivity contribution in [3.63, 3.8) is 0 Å². The number of fused-ring (bicyclic) bond motifs is 1. The Morgan fingerprint density at radius 2 is 1.68 bits per heavy atom. The van der Waals surface area contributed by atoms with E-state index in [0.29, 0.717) is 4.83 Å². The quantitative estimate of drug-likeness (QED) is 0.635. The summed E-state index contributed by atoms with van der Waals surface area (Å²) in [5.41, 5.74) is 1.46. The first-order valence-electron chi connectivity index (χ1n) is 7.45. The van der Waals surface area contributed by atoms with Crippen LogP contribution in [-0.4, -0.2) is 4.83 Å². The molecule has 0 aromatic heterocycles. The van der Waals surface area contributed by atoms with Crippen LogP contribution in [0.4, 0.5) is 0 Å². The monoisotopic (exact) mass is 316 g/mol. The van der Waals surface area contributed by atoms with Gasteiger partial charge < -0.3 is 0 Å². The second-order valence-electron chi connectivity index (χ2n) is 5.80. The highest BCUT2D eigenvalue weighted by atomic mass is 79.9. The molecule has 2 aromatic rings. The van der Waals surface area contributed by atoms with Gasteiger partial charge in [-0.3, -0.25) is 0 Å². The second-order valence-corrected chi connectivity index (χ2v) is 6.98. The van der Waals surface area contributed by atoms with Crippen LogP contribution in [0.25, 0.3) is 10.8 Å². The lowest BCUT2D eigenvalue weighted by atomic mass is 9.85. The van der Waals surface area contributed by atoms with Gasteiger partial charge in [0, 0.05) is 4.83 Å². The van der Waals surface area contributed by atoms with E-state index in [4.69, 9.17) is 0 Å². The summed E-state index contributed by atoms with van der Waals surface area (Å²) in [6, 6.07) is 15.5. The molecule has 0 saturated heterocycles. The topological polar surface area (TPSA) is 0 Å².